The fourth-order valence-corrected chi connectivity index (χ4v) is 3.06. The molecule has 1 aliphatic rings. The predicted octanol–water partition coefficient (Wildman–Crippen LogP) is 3.60. The molecule has 0 spiro atoms. The van der Waals surface area contributed by atoms with Crippen molar-refractivity contribution in [2.24, 2.45) is 5.92 Å². The number of pyridine rings is 1. The van der Waals surface area contributed by atoms with Crippen molar-refractivity contribution >= 4 is 11.7 Å². The molecule has 1 aromatic heterocycles. The van der Waals surface area contributed by atoms with Crippen LogP contribution in [0.25, 0.3) is 0 Å². The number of carbonyl (C=O) groups excluding carboxylic acids is 1. The first-order valence-electron chi connectivity index (χ1n) is 8.25. The van der Waals surface area contributed by atoms with Crippen LogP contribution in [0.3, 0.4) is 0 Å². The lowest BCUT2D eigenvalue weighted by Gasteiger charge is -2.31. The topological polar surface area (TPSA) is 54.0 Å². The minimum atomic E-state index is 0.0299. The van der Waals surface area contributed by atoms with Crippen molar-refractivity contribution in [2.45, 2.75) is 58.4 Å². The van der Waals surface area contributed by atoms with Gasteiger partial charge >= 0.3 is 0 Å². The van der Waals surface area contributed by atoms with Crippen LogP contribution in [0, 0.1) is 5.92 Å². The van der Waals surface area contributed by atoms with Crippen LogP contribution in [-0.2, 0) is 0 Å². The van der Waals surface area contributed by atoms with Crippen LogP contribution in [0.15, 0.2) is 18.3 Å². The van der Waals surface area contributed by atoms with Crippen LogP contribution in [-0.4, -0.2) is 23.5 Å². The SMILES string of the molecule is CCCNc1cc(C(=O)NC2CCCCC2CC)ccn1. The average Bonchev–Trinajstić information content (AvgIpc) is 2.53. The van der Waals surface area contributed by atoms with Crippen molar-refractivity contribution < 1.29 is 4.79 Å². The Hall–Kier alpha value is -1.58. The Balaban J connectivity index is 1.98. The van der Waals surface area contributed by atoms with Crippen LogP contribution >= 0.6 is 0 Å². The van der Waals surface area contributed by atoms with E-state index < -0.39 is 0 Å². The first kappa shape index (κ1) is 15.8. The summed E-state index contributed by atoms with van der Waals surface area (Å²) in [5.74, 6) is 1.43. The smallest absolute Gasteiger partial charge is 0.251 e. The quantitative estimate of drug-likeness (QED) is 0.841. The molecule has 4 nitrogen and oxygen atoms in total. The monoisotopic (exact) mass is 289 g/mol. The standard InChI is InChI=1S/C17H27N3O/c1-3-10-18-16-12-14(9-11-19-16)17(21)20-15-8-6-5-7-13(15)4-2/h9,11-13,15H,3-8,10H2,1-2H3,(H,18,19)(H,20,21). The van der Waals surface area contributed by atoms with Crippen molar-refractivity contribution in [1.82, 2.24) is 10.3 Å². The zero-order valence-corrected chi connectivity index (χ0v) is 13.2. The van der Waals surface area contributed by atoms with Gasteiger partial charge in [-0.3, -0.25) is 4.79 Å². The molecule has 1 amide bonds. The molecule has 0 radical (unpaired) electrons. The largest absolute Gasteiger partial charge is 0.370 e. The van der Waals surface area contributed by atoms with Gasteiger partial charge in [0, 0.05) is 24.3 Å². The Labute approximate surface area is 127 Å². The van der Waals surface area contributed by atoms with Crippen molar-refractivity contribution in [3.63, 3.8) is 0 Å². The van der Waals surface area contributed by atoms with E-state index in [0.29, 0.717) is 17.5 Å². The second kappa shape index (κ2) is 8.01. The van der Waals surface area contributed by atoms with Gasteiger partial charge in [-0.15, -0.1) is 0 Å². The maximum absolute atomic E-state index is 12.4. The third-order valence-corrected chi connectivity index (χ3v) is 4.33. The lowest BCUT2D eigenvalue weighted by Crippen LogP contribution is -2.41. The number of nitrogens with zero attached hydrogens (tertiary/aromatic N) is 1. The number of anilines is 1. The Kier molecular flexibility index (Phi) is 6.03. The maximum atomic E-state index is 12.4. The lowest BCUT2D eigenvalue weighted by molar-refractivity contribution is 0.0904. The van der Waals surface area contributed by atoms with Gasteiger partial charge in [0.2, 0.25) is 0 Å². The summed E-state index contributed by atoms with van der Waals surface area (Å²) >= 11 is 0. The predicted molar refractivity (Wildman–Crippen MR) is 86.5 cm³/mol. The fourth-order valence-electron chi connectivity index (χ4n) is 3.06. The first-order valence-corrected chi connectivity index (χ1v) is 8.25. The molecule has 0 saturated heterocycles. The van der Waals surface area contributed by atoms with E-state index >= 15 is 0 Å². The van der Waals surface area contributed by atoms with E-state index in [1.807, 2.05) is 6.07 Å². The molecule has 1 aliphatic carbocycles. The summed E-state index contributed by atoms with van der Waals surface area (Å²) in [5, 5.41) is 6.45. The van der Waals surface area contributed by atoms with Crippen LogP contribution in [0.5, 0.6) is 0 Å². The van der Waals surface area contributed by atoms with Gasteiger partial charge < -0.3 is 10.6 Å². The molecule has 2 rings (SSSR count). The fraction of sp³-hybridized carbons (Fsp3) is 0.647. The zero-order chi connectivity index (χ0) is 15.1. The number of nitrogens with one attached hydrogen (secondary N) is 2. The van der Waals surface area contributed by atoms with Gasteiger partial charge in [-0.05, 0) is 37.3 Å². The minimum absolute atomic E-state index is 0.0299. The molecule has 116 valence electrons. The molecular formula is C17H27N3O. The van der Waals surface area contributed by atoms with Crippen molar-refractivity contribution in [2.75, 3.05) is 11.9 Å². The Morgan fingerprint density at radius 1 is 1.33 bits per heavy atom. The zero-order valence-electron chi connectivity index (χ0n) is 13.2. The summed E-state index contributed by atoms with van der Waals surface area (Å²) in [6, 6.07) is 3.96. The van der Waals surface area contributed by atoms with E-state index in [0.717, 1.165) is 31.6 Å². The molecule has 1 fully saturated rings. The number of aromatic nitrogens is 1. The number of rotatable bonds is 6. The normalized spacial score (nSPS) is 21.8. The third kappa shape index (κ3) is 4.45. The summed E-state index contributed by atoms with van der Waals surface area (Å²) < 4.78 is 0. The van der Waals surface area contributed by atoms with E-state index in [1.54, 1.807) is 12.3 Å². The van der Waals surface area contributed by atoms with Crippen LogP contribution < -0.4 is 10.6 Å². The summed E-state index contributed by atoms with van der Waals surface area (Å²) in [6.45, 7) is 5.20. The molecule has 0 aromatic carbocycles. The summed E-state index contributed by atoms with van der Waals surface area (Å²) in [7, 11) is 0. The van der Waals surface area contributed by atoms with Gasteiger partial charge in [-0.25, -0.2) is 4.98 Å². The number of hydrogen-bond acceptors (Lipinski definition) is 3. The second-order valence-corrected chi connectivity index (χ2v) is 5.89. The van der Waals surface area contributed by atoms with Crippen LogP contribution in [0.2, 0.25) is 0 Å². The molecule has 1 heterocycles. The van der Waals surface area contributed by atoms with Crippen LogP contribution in [0.4, 0.5) is 5.82 Å². The third-order valence-electron chi connectivity index (χ3n) is 4.33. The lowest BCUT2D eigenvalue weighted by atomic mass is 9.83. The van der Waals surface area contributed by atoms with Gasteiger partial charge in [0.25, 0.3) is 5.91 Å². The molecule has 4 heteroatoms. The Morgan fingerprint density at radius 3 is 2.90 bits per heavy atom. The molecule has 2 atom stereocenters. The molecule has 0 aliphatic heterocycles. The maximum Gasteiger partial charge on any atom is 0.251 e. The van der Waals surface area contributed by atoms with Gasteiger partial charge in [0.1, 0.15) is 5.82 Å². The summed E-state index contributed by atoms with van der Waals surface area (Å²) in [4.78, 5) is 16.7. The van der Waals surface area contributed by atoms with Gasteiger partial charge in [0.15, 0.2) is 0 Å². The highest BCUT2D eigenvalue weighted by Crippen LogP contribution is 2.27. The molecule has 21 heavy (non-hydrogen) atoms. The van der Waals surface area contributed by atoms with Crippen LogP contribution in [0.1, 0.15) is 62.7 Å². The summed E-state index contributed by atoms with van der Waals surface area (Å²) in [6.07, 6.45) is 8.75. The van der Waals surface area contributed by atoms with Gasteiger partial charge in [0.05, 0.1) is 0 Å². The number of hydrogen-bond donors (Lipinski definition) is 2. The Bertz CT molecular complexity index is 461. The van der Waals surface area contributed by atoms with Gasteiger partial charge in [-0.2, -0.15) is 0 Å². The molecule has 1 aromatic rings. The summed E-state index contributed by atoms with van der Waals surface area (Å²) in [5.41, 5.74) is 0.698. The molecule has 2 unspecified atom stereocenters. The molecule has 0 bridgehead atoms. The molecular weight excluding hydrogens is 262 g/mol. The van der Waals surface area contributed by atoms with E-state index in [-0.39, 0.29) is 5.91 Å². The average molecular weight is 289 g/mol. The Morgan fingerprint density at radius 2 is 2.14 bits per heavy atom. The van der Waals surface area contributed by atoms with Crippen molar-refractivity contribution in [1.29, 1.82) is 0 Å². The molecule has 2 N–H and O–H groups in total. The van der Waals surface area contributed by atoms with E-state index in [4.69, 9.17) is 0 Å². The highest BCUT2D eigenvalue weighted by atomic mass is 16.1. The first-order chi connectivity index (χ1) is 10.2. The van der Waals surface area contributed by atoms with Crippen molar-refractivity contribution in [3.05, 3.63) is 23.9 Å². The number of carbonyl (C=O) groups is 1. The number of amides is 1. The highest BCUT2D eigenvalue weighted by Gasteiger charge is 2.25. The minimum Gasteiger partial charge on any atom is -0.370 e. The van der Waals surface area contributed by atoms with E-state index in [2.05, 4.69) is 29.5 Å². The van der Waals surface area contributed by atoms with E-state index in [1.165, 1.54) is 19.3 Å². The second-order valence-electron chi connectivity index (χ2n) is 5.89. The highest BCUT2D eigenvalue weighted by molar-refractivity contribution is 5.95. The van der Waals surface area contributed by atoms with Gasteiger partial charge in [-0.1, -0.05) is 33.1 Å². The molecule has 1 saturated carbocycles. The van der Waals surface area contributed by atoms with Crippen molar-refractivity contribution in [3.8, 4) is 0 Å². The van der Waals surface area contributed by atoms with E-state index in [9.17, 15) is 4.79 Å².